The smallest absolute Gasteiger partial charge is 0.227 e. The highest BCUT2D eigenvalue weighted by Gasteiger charge is 2.22. The lowest BCUT2D eigenvalue weighted by Gasteiger charge is -2.12. The van der Waals surface area contributed by atoms with Crippen molar-refractivity contribution in [2.75, 3.05) is 0 Å². The summed E-state index contributed by atoms with van der Waals surface area (Å²) in [5.74, 6) is 0.618. The van der Waals surface area contributed by atoms with Gasteiger partial charge < -0.3 is 8.98 Å². The number of oxazole rings is 1. The molecule has 0 fully saturated rings. The highest BCUT2D eigenvalue weighted by Crippen LogP contribution is 2.48. The van der Waals surface area contributed by atoms with E-state index < -0.39 is 0 Å². The first-order valence-electron chi connectivity index (χ1n) is 22.1. The van der Waals surface area contributed by atoms with Gasteiger partial charge in [-0.05, 0) is 121 Å². The van der Waals surface area contributed by atoms with Crippen molar-refractivity contribution in [3.05, 3.63) is 218 Å². The van der Waals surface area contributed by atoms with Gasteiger partial charge in [0.2, 0.25) is 5.89 Å². The number of fused-ring (bicyclic) bond motifs is 13. The molecular weight excluding hydrogens is 809 g/mol. The summed E-state index contributed by atoms with van der Waals surface area (Å²) in [4.78, 5) is 5.24. The third-order valence-corrected chi connectivity index (χ3v) is 14.6. The zero-order valence-corrected chi connectivity index (χ0v) is 35.8. The highest BCUT2D eigenvalue weighted by atomic mass is 32.1. The van der Waals surface area contributed by atoms with Crippen LogP contribution in [0.1, 0.15) is 0 Å². The minimum atomic E-state index is 0.618. The van der Waals surface area contributed by atoms with Gasteiger partial charge in [-0.15, -0.1) is 11.3 Å². The van der Waals surface area contributed by atoms with Crippen molar-refractivity contribution in [3.63, 3.8) is 0 Å². The molecule has 0 saturated carbocycles. The lowest BCUT2D eigenvalue weighted by atomic mass is 9.92. The molecule has 4 heteroatoms. The molecule has 0 bridgehead atoms. The van der Waals surface area contributed by atoms with Crippen LogP contribution in [0.2, 0.25) is 0 Å². The van der Waals surface area contributed by atoms with E-state index in [1.807, 2.05) is 11.3 Å². The van der Waals surface area contributed by atoms with E-state index in [0.717, 1.165) is 38.9 Å². The summed E-state index contributed by atoms with van der Waals surface area (Å²) in [6.45, 7) is 0. The maximum Gasteiger partial charge on any atom is 0.227 e. The Morgan fingerprint density at radius 2 is 1.00 bits per heavy atom. The molecule has 0 unspecified atom stereocenters. The molecule has 3 heterocycles. The molecule has 65 heavy (non-hydrogen) atoms. The van der Waals surface area contributed by atoms with Crippen LogP contribution in [0.5, 0.6) is 0 Å². The first kappa shape index (κ1) is 36.2. The molecule has 0 spiro atoms. The quantitative estimate of drug-likeness (QED) is 0.162. The summed E-state index contributed by atoms with van der Waals surface area (Å²) in [5.41, 5.74) is 13.2. The molecule has 14 rings (SSSR count). The number of aromatic nitrogens is 2. The summed E-state index contributed by atoms with van der Waals surface area (Å²) in [6, 6.07) is 79.1. The second-order valence-electron chi connectivity index (χ2n) is 17.0. The summed E-state index contributed by atoms with van der Waals surface area (Å²) in [5, 5.41) is 12.3. The number of nitrogens with zero attached hydrogens (tertiary/aromatic N) is 2. The monoisotopic (exact) mass is 844 g/mol. The molecule has 0 radical (unpaired) electrons. The molecule has 0 N–H and O–H groups in total. The Morgan fingerprint density at radius 1 is 0.385 bits per heavy atom. The van der Waals surface area contributed by atoms with E-state index in [1.165, 1.54) is 91.2 Å². The average Bonchev–Trinajstić information content (AvgIpc) is 4.08. The Hall–Kier alpha value is -8.31. The third-order valence-electron chi connectivity index (χ3n) is 13.4. The normalized spacial score (nSPS) is 12.0. The second-order valence-corrected chi connectivity index (χ2v) is 18.1. The number of hydrogen-bond acceptors (Lipinski definition) is 3. The van der Waals surface area contributed by atoms with E-state index >= 15 is 0 Å². The summed E-state index contributed by atoms with van der Waals surface area (Å²) in [7, 11) is 0. The van der Waals surface area contributed by atoms with Crippen molar-refractivity contribution in [1.82, 2.24) is 9.55 Å². The van der Waals surface area contributed by atoms with E-state index in [4.69, 9.17) is 9.40 Å². The van der Waals surface area contributed by atoms with Gasteiger partial charge in [0.15, 0.2) is 5.58 Å². The van der Waals surface area contributed by atoms with Crippen molar-refractivity contribution in [1.29, 1.82) is 0 Å². The SMILES string of the molecule is c1ccc(-c2ccc(-n3c4ccc(-c5ccc(-c6nc7cc(-c8cc9ccccc9c9ccccc89)c8sc9ccccc9c8c7o6)cc5)cc4c4c5ccccc5ccc43)cc2)cc1. The summed E-state index contributed by atoms with van der Waals surface area (Å²) in [6.07, 6.45) is 0. The standard InChI is InChI=1S/C61H36N2OS/c1-2-12-37(13-3-1)38-26-30-44(31-27-38)63-54-32-29-42(34-52(54)57-46-17-7-4-14-40(46)28-33-55(57)63)39-22-24-41(25-23-39)61-62-53-36-51(60-58(59(53)64-61)49-20-10-11-21-56(49)65-60)50-35-43-15-5-6-16-45(43)47-18-8-9-19-48(47)50/h1-36H. The van der Waals surface area contributed by atoms with E-state index in [9.17, 15) is 0 Å². The zero-order chi connectivity index (χ0) is 42.6. The van der Waals surface area contributed by atoms with Crippen molar-refractivity contribution in [2.24, 2.45) is 0 Å². The van der Waals surface area contributed by atoms with Crippen LogP contribution in [0.3, 0.4) is 0 Å². The molecule has 0 saturated heterocycles. The Balaban J connectivity index is 0.895. The van der Waals surface area contributed by atoms with Crippen LogP contribution in [-0.4, -0.2) is 9.55 Å². The van der Waals surface area contributed by atoms with E-state index in [2.05, 4.69) is 223 Å². The van der Waals surface area contributed by atoms with Gasteiger partial charge in [0.1, 0.15) is 5.52 Å². The topological polar surface area (TPSA) is 31.0 Å². The number of thiophene rings is 1. The number of hydrogen-bond donors (Lipinski definition) is 0. The molecule has 14 aromatic rings. The fourth-order valence-corrected chi connectivity index (χ4v) is 11.6. The molecule has 11 aromatic carbocycles. The minimum absolute atomic E-state index is 0.618. The molecule has 0 aliphatic heterocycles. The van der Waals surface area contributed by atoms with Gasteiger partial charge in [-0.25, -0.2) is 4.98 Å². The van der Waals surface area contributed by atoms with Gasteiger partial charge in [0.25, 0.3) is 0 Å². The van der Waals surface area contributed by atoms with Crippen LogP contribution in [0.25, 0.3) is 136 Å². The van der Waals surface area contributed by atoms with Gasteiger partial charge in [-0.3, -0.25) is 0 Å². The molecule has 0 atom stereocenters. The van der Waals surface area contributed by atoms with Gasteiger partial charge in [0, 0.05) is 47.8 Å². The van der Waals surface area contributed by atoms with Crippen LogP contribution in [-0.2, 0) is 0 Å². The Labute approximate surface area is 377 Å². The molecule has 302 valence electrons. The second kappa shape index (κ2) is 14.1. The highest BCUT2D eigenvalue weighted by molar-refractivity contribution is 7.26. The predicted octanol–water partition coefficient (Wildman–Crippen LogP) is 17.4. The summed E-state index contributed by atoms with van der Waals surface area (Å²) < 4.78 is 11.7. The van der Waals surface area contributed by atoms with E-state index in [0.29, 0.717) is 5.89 Å². The first-order valence-corrected chi connectivity index (χ1v) is 22.9. The first-order chi connectivity index (χ1) is 32.2. The van der Waals surface area contributed by atoms with Crippen LogP contribution >= 0.6 is 11.3 Å². The summed E-state index contributed by atoms with van der Waals surface area (Å²) >= 11 is 1.83. The minimum Gasteiger partial charge on any atom is -0.435 e. The number of benzene rings is 11. The van der Waals surface area contributed by atoms with Gasteiger partial charge >= 0.3 is 0 Å². The lowest BCUT2D eigenvalue weighted by molar-refractivity contribution is 0.623. The third kappa shape index (κ3) is 5.58. The van der Waals surface area contributed by atoms with Gasteiger partial charge in [-0.1, -0.05) is 158 Å². The maximum atomic E-state index is 6.84. The van der Waals surface area contributed by atoms with Crippen molar-refractivity contribution in [3.8, 4) is 50.5 Å². The van der Waals surface area contributed by atoms with Crippen LogP contribution in [0, 0.1) is 0 Å². The Bertz CT molecular complexity index is 4210. The van der Waals surface area contributed by atoms with Crippen molar-refractivity contribution in [2.45, 2.75) is 0 Å². The van der Waals surface area contributed by atoms with Crippen LogP contribution in [0.15, 0.2) is 223 Å². The van der Waals surface area contributed by atoms with E-state index in [1.54, 1.807) is 0 Å². The molecule has 3 aromatic heterocycles. The lowest BCUT2D eigenvalue weighted by Crippen LogP contribution is -1.94. The maximum absolute atomic E-state index is 6.84. The molecule has 0 amide bonds. The van der Waals surface area contributed by atoms with Crippen molar-refractivity contribution >= 4 is 96.7 Å². The van der Waals surface area contributed by atoms with Gasteiger partial charge in [-0.2, -0.15) is 0 Å². The van der Waals surface area contributed by atoms with E-state index in [-0.39, 0.29) is 0 Å². The fourth-order valence-electron chi connectivity index (χ4n) is 10.4. The van der Waals surface area contributed by atoms with Crippen LogP contribution in [0.4, 0.5) is 0 Å². The molecule has 0 aliphatic rings. The van der Waals surface area contributed by atoms with Gasteiger partial charge in [0.05, 0.1) is 11.0 Å². The Morgan fingerprint density at radius 3 is 1.83 bits per heavy atom. The van der Waals surface area contributed by atoms with Crippen LogP contribution < -0.4 is 0 Å². The number of rotatable bonds is 5. The predicted molar refractivity (Wildman–Crippen MR) is 275 cm³/mol. The zero-order valence-electron chi connectivity index (χ0n) is 35.0. The molecule has 0 aliphatic carbocycles. The fraction of sp³-hybridized carbons (Fsp3) is 0. The molecular formula is C61H36N2OS. The average molecular weight is 845 g/mol. The van der Waals surface area contributed by atoms with Crippen molar-refractivity contribution < 1.29 is 4.42 Å². The largest absolute Gasteiger partial charge is 0.435 e. The molecule has 3 nitrogen and oxygen atoms in total. The Kier molecular flexibility index (Phi) is 7.85.